The Balaban J connectivity index is 1.52. The zero-order valence-electron chi connectivity index (χ0n) is 20.8. The normalized spacial score (nSPS) is 25.8. The second kappa shape index (κ2) is 9.62. The maximum Gasteiger partial charge on any atom is 0.167 e. The number of carbonyl (C=O) groups excluding carboxylic acids is 1. The van der Waals surface area contributed by atoms with Crippen LogP contribution in [-0.4, -0.2) is 16.5 Å². The summed E-state index contributed by atoms with van der Waals surface area (Å²) in [6, 6.07) is 24.9. The second-order valence-corrected chi connectivity index (χ2v) is 10.9. The third-order valence-corrected chi connectivity index (χ3v) is 8.83. The maximum absolute atomic E-state index is 13.2. The SMILES string of the molecule is CC[C@@]1(O)CC[C@@]2(Cc3ccccc3)c3ccc(C(=O)Cc4ccccc4N)cc3CCC[C@H]2C1. The molecule has 182 valence electrons. The summed E-state index contributed by atoms with van der Waals surface area (Å²) in [5.41, 5.74) is 12.0. The van der Waals surface area contributed by atoms with E-state index in [2.05, 4.69) is 49.4 Å². The van der Waals surface area contributed by atoms with E-state index in [4.69, 9.17) is 5.73 Å². The number of nitrogens with two attached hydrogens (primary N) is 1. The fraction of sp³-hybridized carbons (Fsp3) is 0.406. The van der Waals surface area contributed by atoms with Crippen molar-refractivity contribution in [3.8, 4) is 0 Å². The van der Waals surface area contributed by atoms with Gasteiger partial charge in [-0.2, -0.15) is 0 Å². The zero-order chi connectivity index (χ0) is 24.5. The lowest BCUT2D eigenvalue weighted by molar-refractivity contribution is -0.0497. The number of benzene rings is 3. The molecule has 0 aromatic heterocycles. The number of rotatable bonds is 6. The van der Waals surface area contributed by atoms with Crippen molar-refractivity contribution in [2.75, 3.05) is 5.73 Å². The van der Waals surface area contributed by atoms with E-state index < -0.39 is 5.60 Å². The Bertz CT molecular complexity index is 1200. The Morgan fingerprint density at radius 1 is 1.03 bits per heavy atom. The first-order valence-electron chi connectivity index (χ1n) is 13.2. The van der Waals surface area contributed by atoms with Crippen LogP contribution < -0.4 is 5.73 Å². The van der Waals surface area contributed by atoms with E-state index in [0.29, 0.717) is 18.0 Å². The quantitative estimate of drug-likeness (QED) is 0.323. The predicted octanol–water partition coefficient (Wildman–Crippen LogP) is 6.45. The molecule has 1 saturated carbocycles. The van der Waals surface area contributed by atoms with Crippen LogP contribution >= 0.6 is 0 Å². The monoisotopic (exact) mass is 467 g/mol. The number of anilines is 1. The number of fused-ring (bicyclic) bond motifs is 3. The van der Waals surface area contributed by atoms with Gasteiger partial charge in [-0.05, 0) is 91.7 Å². The van der Waals surface area contributed by atoms with E-state index >= 15 is 0 Å². The molecule has 35 heavy (non-hydrogen) atoms. The number of nitrogen functional groups attached to an aromatic ring is 1. The van der Waals surface area contributed by atoms with E-state index in [1.54, 1.807) is 0 Å². The molecule has 0 heterocycles. The van der Waals surface area contributed by atoms with E-state index in [9.17, 15) is 9.90 Å². The molecule has 0 amide bonds. The minimum absolute atomic E-state index is 0.0000223. The van der Waals surface area contributed by atoms with Gasteiger partial charge in [-0.15, -0.1) is 0 Å². The first-order chi connectivity index (χ1) is 16.9. The number of Topliss-reactive ketones (excluding diaryl/α,β-unsaturated/α-hetero) is 1. The minimum atomic E-state index is -0.555. The van der Waals surface area contributed by atoms with Gasteiger partial charge in [0.15, 0.2) is 5.78 Å². The van der Waals surface area contributed by atoms with Crippen molar-refractivity contribution in [1.82, 2.24) is 0 Å². The first-order valence-corrected chi connectivity index (χ1v) is 13.2. The molecular formula is C32H37NO2. The van der Waals surface area contributed by atoms with Crippen LogP contribution in [0.5, 0.6) is 0 Å². The van der Waals surface area contributed by atoms with Gasteiger partial charge in [0.1, 0.15) is 0 Å². The van der Waals surface area contributed by atoms with Gasteiger partial charge in [0, 0.05) is 23.1 Å². The van der Waals surface area contributed by atoms with E-state index in [0.717, 1.165) is 62.5 Å². The minimum Gasteiger partial charge on any atom is -0.398 e. The smallest absolute Gasteiger partial charge is 0.167 e. The molecule has 0 spiro atoms. The molecule has 2 aliphatic carbocycles. The lowest BCUT2D eigenvalue weighted by atomic mass is 9.55. The summed E-state index contributed by atoms with van der Waals surface area (Å²) in [6.07, 6.45) is 8.01. The van der Waals surface area contributed by atoms with Gasteiger partial charge in [-0.25, -0.2) is 0 Å². The fourth-order valence-corrected chi connectivity index (χ4v) is 6.73. The predicted molar refractivity (Wildman–Crippen MR) is 143 cm³/mol. The summed E-state index contributed by atoms with van der Waals surface area (Å²) in [5, 5.41) is 11.3. The van der Waals surface area contributed by atoms with E-state index in [-0.39, 0.29) is 11.2 Å². The molecule has 2 aliphatic rings. The molecule has 3 atom stereocenters. The standard InChI is InChI=1S/C32H37NO2/c1-2-31(35)17-18-32(21-23-9-4-3-5-10-23)27(22-31)13-8-12-24-19-26(15-16-28(24)32)30(34)20-25-11-6-7-14-29(25)33/h3-7,9-11,14-16,19,27,35H,2,8,12-13,17-18,20-22,33H2,1H3/t27-,31+,32-/m0/s1. The molecule has 3 aromatic rings. The summed E-state index contributed by atoms with van der Waals surface area (Å²) >= 11 is 0. The van der Waals surface area contributed by atoms with Crippen molar-refractivity contribution in [2.45, 2.75) is 75.7 Å². The first kappa shape index (κ1) is 23.8. The molecule has 0 radical (unpaired) electrons. The topological polar surface area (TPSA) is 63.3 Å². The van der Waals surface area contributed by atoms with E-state index in [1.165, 1.54) is 16.7 Å². The number of hydrogen-bond donors (Lipinski definition) is 2. The van der Waals surface area contributed by atoms with Gasteiger partial charge >= 0.3 is 0 Å². The van der Waals surface area contributed by atoms with Gasteiger partial charge in [-0.1, -0.05) is 67.6 Å². The molecule has 0 bridgehead atoms. The Kier molecular flexibility index (Phi) is 6.55. The Morgan fingerprint density at radius 3 is 2.57 bits per heavy atom. The molecular weight excluding hydrogens is 430 g/mol. The lowest BCUT2D eigenvalue weighted by Gasteiger charge is -2.50. The van der Waals surface area contributed by atoms with Gasteiger partial charge in [-0.3, -0.25) is 4.79 Å². The van der Waals surface area contributed by atoms with Crippen LogP contribution in [0.25, 0.3) is 0 Å². The highest BCUT2D eigenvalue weighted by Crippen LogP contribution is 2.54. The molecule has 3 heteroatoms. The number of ketones is 1. The molecule has 3 aromatic carbocycles. The lowest BCUT2D eigenvalue weighted by Crippen LogP contribution is -2.48. The van der Waals surface area contributed by atoms with Gasteiger partial charge in [0.05, 0.1) is 5.60 Å². The number of hydrogen-bond acceptors (Lipinski definition) is 3. The summed E-state index contributed by atoms with van der Waals surface area (Å²) in [6.45, 7) is 2.12. The van der Waals surface area contributed by atoms with Crippen LogP contribution in [0.15, 0.2) is 72.8 Å². The van der Waals surface area contributed by atoms with Crippen molar-refractivity contribution in [3.05, 3.63) is 101 Å². The van der Waals surface area contributed by atoms with Crippen LogP contribution in [0.4, 0.5) is 5.69 Å². The van der Waals surface area contributed by atoms with Crippen LogP contribution in [0.3, 0.4) is 0 Å². The Hall–Kier alpha value is -2.91. The van der Waals surface area contributed by atoms with Crippen molar-refractivity contribution < 1.29 is 9.90 Å². The zero-order valence-corrected chi connectivity index (χ0v) is 20.8. The molecule has 0 unspecified atom stereocenters. The van der Waals surface area contributed by atoms with Gasteiger partial charge < -0.3 is 10.8 Å². The van der Waals surface area contributed by atoms with Crippen LogP contribution in [0.1, 0.15) is 78.1 Å². The number of aryl methyl sites for hydroxylation is 1. The highest BCUT2D eigenvalue weighted by atomic mass is 16.3. The third kappa shape index (κ3) is 4.67. The maximum atomic E-state index is 13.2. The Morgan fingerprint density at radius 2 is 1.80 bits per heavy atom. The average Bonchev–Trinajstić information content (AvgIpc) is 3.02. The number of para-hydroxylation sites is 1. The summed E-state index contributed by atoms with van der Waals surface area (Å²) < 4.78 is 0. The van der Waals surface area contributed by atoms with Gasteiger partial charge in [0.2, 0.25) is 0 Å². The van der Waals surface area contributed by atoms with Crippen molar-refractivity contribution >= 4 is 11.5 Å². The van der Waals surface area contributed by atoms with E-state index in [1.807, 2.05) is 30.3 Å². The summed E-state index contributed by atoms with van der Waals surface area (Å²) in [4.78, 5) is 13.2. The third-order valence-electron chi connectivity index (χ3n) is 8.83. The van der Waals surface area contributed by atoms with Crippen LogP contribution in [0, 0.1) is 5.92 Å². The number of carbonyl (C=O) groups is 1. The van der Waals surface area contributed by atoms with Crippen LogP contribution in [0.2, 0.25) is 0 Å². The molecule has 0 saturated heterocycles. The second-order valence-electron chi connectivity index (χ2n) is 10.9. The highest BCUT2D eigenvalue weighted by molar-refractivity contribution is 5.98. The van der Waals surface area contributed by atoms with Crippen LogP contribution in [-0.2, 0) is 24.7 Å². The molecule has 5 rings (SSSR count). The Labute approximate surface area is 209 Å². The molecule has 3 N–H and O–H groups in total. The van der Waals surface area contributed by atoms with Crippen molar-refractivity contribution in [3.63, 3.8) is 0 Å². The largest absolute Gasteiger partial charge is 0.398 e. The fourth-order valence-electron chi connectivity index (χ4n) is 6.73. The molecule has 0 aliphatic heterocycles. The molecule has 3 nitrogen and oxygen atoms in total. The number of aliphatic hydroxyl groups is 1. The average molecular weight is 468 g/mol. The summed E-state index contributed by atoms with van der Waals surface area (Å²) in [7, 11) is 0. The highest BCUT2D eigenvalue weighted by Gasteiger charge is 2.50. The summed E-state index contributed by atoms with van der Waals surface area (Å²) in [5.74, 6) is 0.556. The van der Waals surface area contributed by atoms with Crippen molar-refractivity contribution in [2.24, 2.45) is 5.92 Å². The van der Waals surface area contributed by atoms with Gasteiger partial charge in [0.25, 0.3) is 0 Å². The van der Waals surface area contributed by atoms with Crippen molar-refractivity contribution in [1.29, 1.82) is 0 Å². The molecule has 1 fully saturated rings.